The Bertz CT molecular complexity index is 1340. The number of thioether (sulfide) groups is 1. The molecule has 0 saturated carbocycles. The van der Waals surface area contributed by atoms with Crippen molar-refractivity contribution in [2.24, 2.45) is 0 Å². The van der Waals surface area contributed by atoms with Crippen LogP contribution in [0, 0.1) is 25.2 Å². The van der Waals surface area contributed by atoms with Gasteiger partial charge in [0, 0.05) is 5.69 Å². The van der Waals surface area contributed by atoms with Crippen LogP contribution in [0.3, 0.4) is 0 Å². The van der Waals surface area contributed by atoms with Crippen molar-refractivity contribution < 1.29 is 14.0 Å². The van der Waals surface area contributed by atoms with Gasteiger partial charge in [0.05, 0.1) is 18.1 Å². The molecule has 1 aliphatic heterocycles. The SMILES string of the molecule is Cc1ccc(N2C(=O)C(Cc3ccc(C(C)C)cc3)S/C2=C(/C#N)C(=O)NCc2ccco2)cc1C. The molecule has 1 atom stereocenters. The molecular weight excluding hydrogens is 470 g/mol. The highest BCUT2D eigenvalue weighted by Gasteiger charge is 2.41. The first-order valence-electron chi connectivity index (χ1n) is 11.9. The van der Waals surface area contributed by atoms with E-state index in [1.54, 1.807) is 12.1 Å². The van der Waals surface area contributed by atoms with E-state index in [0.717, 1.165) is 16.7 Å². The van der Waals surface area contributed by atoms with Crippen LogP contribution in [0.2, 0.25) is 0 Å². The third-order valence-electron chi connectivity index (χ3n) is 6.32. The van der Waals surface area contributed by atoms with E-state index >= 15 is 0 Å². The van der Waals surface area contributed by atoms with Crippen LogP contribution in [0.1, 0.15) is 47.8 Å². The first-order valence-corrected chi connectivity index (χ1v) is 12.8. The molecule has 6 nitrogen and oxygen atoms in total. The van der Waals surface area contributed by atoms with Crippen LogP contribution in [0.25, 0.3) is 0 Å². The van der Waals surface area contributed by atoms with E-state index in [1.165, 1.54) is 28.5 Å². The fraction of sp³-hybridized carbons (Fsp3) is 0.276. The Labute approximate surface area is 216 Å². The summed E-state index contributed by atoms with van der Waals surface area (Å²) < 4.78 is 5.28. The van der Waals surface area contributed by atoms with Crippen molar-refractivity contribution >= 4 is 29.3 Å². The van der Waals surface area contributed by atoms with Gasteiger partial charge in [-0.1, -0.05) is 55.9 Å². The molecule has 0 aliphatic carbocycles. The van der Waals surface area contributed by atoms with Crippen LogP contribution < -0.4 is 10.2 Å². The molecule has 2 amide bonds. The quantitative estimate of drug-likeness (QED) is 0.330. The Morgan fingerprint density at radius 3 is 2.50 bits per heavy atom. The third-order valence-corrected chi connectivity index (χ3v) is 7.59. The van der Waals surface area contributed by atoms with E-state index in [1.807, 2.05) is 50.2 Å². The summed E-state index contributed by atoms with van der Waals surface area (Å²) in [6.45, 7) is 8.42. The summed E-state index contributed by atoms with van der Waals surface area (Å²) >= 11 is 1.27. The summed E-state index contributed by atoms with van der Waals surface area (Å²) in [5.41, 5.74) is 4.96. The van der Waals surface area contributed by atoms with Gasteiger partial charge in [-0.2, -0.15) is 5.26 Å². The number of rotatable bonds is 7. The molecule has 0 bridgehead atoms. The van der Waals surface area contributed by atoms with Crippen LogP contribution >= 0.6 is 11.8 Å². The lowest BCUT2D eigenvalue weighted by Gasteiger charge is -2.20. The molecule has 0 spiro atoms. The van der Waals surface area contributed by atoms with Crippen LogP contribution in [0.5, 0.6) is 0 Å². The molecule has 36 heavy (non-hydrogen) atoms. The maximum atomic E-state index is 13.7. The minimum Gasteiger partial charge on any atom is -0.467 e. The first-order chi connectivity index (χ1) is 17.3. The van der Waals surface area contributed by atoms with Gasteiger partial charge >= 0.3 is 0 Å². The van der Waals surface area contributed by atoms with Crippen molar-refractivity contribution in [3.05, 3.63) is 99.5 Å². The fourth-order valence-corrected chi connectivity index (χ4v) is 5.32. The molecule has 3 aromatic rings. The van der Waals surface area contributed by atoms with Gasteiger partial charge < -0.3 is 9.73 Å². The van der Waals surface area contributed by atoms with Crippen molar-refractivity contribution in [3.63, 3.8) is 0 Å². The predicted molar refractivity (Wildman–Crippen MR) is 142 cm³/mol. The minimum atomic E-state index is -0.542. The molecule has 1 N–H and O–H groups in total. The largest absolute Gasteiger partial charge is 0.467 e. The normalized spacial score (nSPS) is 16.8. The maximum Gasteiger partial charge on any atom is 0.265 e. The molecule has 1 aliphatic rings. The summed E-state index contributed by atoms with van der Waals surface area (Å²) in [7, 11) is 0. The first kappa shape index (κ1) is 25.3. The Morgan fingerprint density at radius 2 is 1.89 bits per heavy atom. The number of amides is 2. The molecule has 1 saturated heterocycles. The highest BCUT2D eigenvalue weighted by Crippen LogP contribution is 2.42. The molecule has 7 heteroatoms. The lowest BCUT2D eigenvalue weighted by Crippen LogP contribution is -2.32. The Hall–Kier alpha value is -3.76. The summed E-state index contributed by atoms with van der Waals surface area (Å²) in [6, 6.07) is 19.5. The zero-order valence-corrected chi connectivity index (χ0v) is 21.7. The number of nitriles is 1. The van der Waals surface area contributed by atoms with Gasteiger partial charge in [0.25, 0.3) is 5.91 Å². The van der Waals surface area contributed by atoms with Gasteiger partial charge in [0.2, 0.25) is 5.91 Å². The van der Waals surface area contributed by atoms with Crippen molar-refractivity contribution in [3.8, 4) is 6.07 Å². The smallest absolute Gasteiger partial charge is 0.265 e. The predicted octanol–water partition coefficient (Wildman–Crippen LogP) is 5.76. The zero-order valence-electron chi connectivity index (χ0n) is 20.9. The van der Waals surface area contributed by atoms with Gasteiger partial charge in [-0.3, -0.25) is 14.5 Å². The second kappa shape index (κ2) is 10.9. The summed E-state index contributed by atoms with van der Waals surface area (Å²) in [4.78, 5) is 28.3. The molecular formula is C29H29N3O3S. The van der Waals surface area contributed by atoms with Gasteiger partial charge in [0.1, 0.15) is 22.4 Å². The highest BCUT2D eigenvalue weighted by molar-refractivity contribution is 8.05. The fourth-order valence-electron chi connectivity index (χ4n) is 4.01. The van der Waals surface area contributed by atoms with E-state index in [-0.39, 0.29) is 18.0 Å². The number of carbonyl (C=O) groups is 2. The number of hydrogen-bond donors (Lipinski definition) is 1. The molecule has 4 rings (SSSR count). The molecule has 2 aromatic carbocycles. The van der Waals surface area contributed by atoms with E-state index in [2.05, 4.69) is 31.3 Å². The molecule has 1 aromatic heterocycles. The number of furan rings is 1. The van der Waals surface area contributed by atoms with Gasteiger partial charge in [-0.05, 0) is 72.7 Å². The second-order valence-corrected chi connectivity index (χ2v) is 10.4. The lowest BCUT2D eigenvalue weighted by atomic mass is 10.00. The average molecular weight is 500 g/mol. The Balaban J connectivity index is 1.68. The number of benzene rings is 2. The maximum absolute atomic E-state index is 13.7. The van der Waals surface area contributed by atoms with E-state index < -0.39 is 11.2 Å². The molecule has 1 fully saturated rings. The molecule has 1 unspecified atom stereocenters. The minimum absolute atomic E-state index is 0.0872. The standard InChI is InChI=1S/C29H29N3O3S/c1-18(2)22-10-8-21(9-11-22)15-26-28(34)32(23-12-7-19(3)20(4)14-23)29(36-26)25(16-30)27(33)31-17-24-6-5-13-35-24/h5-14,18,26H,15,17H2,1-4H3,(H,31,33)/b29-25-. The van der Waals surface area contributed by atoms with Crippen molar-refractivity contribution in [2.75, 3.05) is 4.90 Å². The molecule has 0 radical (unpaired) electrons. The molecule has 184 valence electrons. The van der Waals surface area contributed by atoms with Gasteiger partial charge in [-0.25, -0.2) is 0 Å². The van der Waals surface area contributed by atoms with Gasteiger partial charge in [-0.15, -0.1) is 0 Å². The van der Waals surface area contributed by atoms with Crippen LogP contribution in [0.4, 0.5) is 5.69 Å². The number of nitrogens with zero attached hydrogens (tertiary/aromatic N) is 2. The average Bonchev–Trinajstić information content (AvgIpc) is 3.49. The van der Waals surface area contributed by atoms with Crippen LogP contribution in [-0.2, 0) is 22.6 Å². The third kappa shape index (κ3) is 5.39. The van der Waals surface area contributed by atoms with Crippen LogP contribution in [-0.4, -0.2) is 17.1 Å². The topological polar surface area (TPSA) is 86.3 Å². The van der Waals surface area contributed by atoms with Crippen LogP contribution in [0.15, 0.2) is 75.9 Å². The van der Waals surface area contributed by atoms with E-state index in [9.17, 15) is 14.9 Å². The lowest BCUT2D eigenvalue weighted by molar-refractivity contribution is -0.117. The number of carbonyl (C=O) groups excluding carboxylic acids is 2. The van der Waals surface area contributed by atoms with Crippen molar-refractivity contribution in [2.45, 2.75) is 51.8 Å². The second-order valence-electron chi connectivity index (χ2n) is 9.20. The van der Waals surface area contributed by atoms with E-state index in [4.69, 9.17) is 4.42 Å². The Kier molecular flexibility index (Phi) is 7.66. The summed E-state index contributed by atoms with van der Waals surface area (Å²) in [5, 5.41) is 12.6. The van der Waals surface area contributed by atoms with E-state index in [0.29, 0.717) is 28.8 Å². The monoisotopic (exact) mass is 499 g/mol. The van der Waals surface area contributed by atoms with Crippen molar-refractivity contribution in [1.29, 1.82) is 5.26 Å². The zero-order chi connectivity index (χ0) is 25.8. The number of aryl methyl sites for hydroxylation is 2. The van der Waals surface area contributed by atoms with Gasteiger partial charge in [0.15, 0.2) is 0 Å². The van der Waals surface area contributed by atoms with Crippen molar-refractivity contribution in [1.82, 2.24) is 5.32 Å². The highest BCUT2D eigenvalue weighted by atomic mass is 32.2. The number of nitrogens with one attached hydrogen (secondary N) is 1. The Morgan fingerprint density at radius 1 is 1.14 bits per heavy atom. The summed E-state index contributed by atoms with van der Waals surface area (Å²) in [6.07, 6.45) is 2.02. The number of anilines is 1. The summed E-state index contributed by atoms with van der Waals surface area (Å²) in [5.74, 6) is 0.321. The molecule has 2 heterocycles. The number of hydrogen-bond acceptors (Lipinski definition) is 5.